The molecule has 1 heterocycles. The highest BCUT2D eigenvalue weighted by molar-refractivity contribution is 5.80. The van der Waals surface area contributed by atoms with Gasteiger partial charge in [-0.1, -0.05) is 0 Å². The molecule has 0 aliphatic carbocycles. The molecule has 2 N–H and O–H groups in total. The van der Waals surface area contributed by atoms with Gasteiger partial charge in [0.1, 0.15) is 6.61 Å². The third kappa shape index (κ3) is 4.19. The zero-order valence-corrected chi connectivity index (χ0v) is 11.1. The summed E-state index contributed by atoms with van der Waals surface area (Å²) in [5, 5.41) is 0.383. The van der Waals surface area contributed by atoms with Gasteiger partial charge in [0.2, 0.25) is 0 Å². The van der Waals surface area contributed by atoms with E-state index in [0.29, 0.717) is 16.6 Å². The fourth-order valence-corrected chi connectivity index (χ4v) is 1.86. The Morgan fingerprint density at radius 1 is 1.33 bits per heavy atom. The van der Waals surface area contributed by atoms with Gasteiger partial charge >= 0.3 is 6.18 Å². The van der Waals surface area contributed by atoms with Crippen LogP contribution in [0.25, 0.3) is 10.9 Å². The lowest BCUT2D eigenvalue weighted by Gasteiger charge is -2.09. The number of hydrogen-bond donors (Lipinski definition) is 1. The first-order valence-corrected chi connectivity index (χ1v) is 6.26. The minimum atomic E-state index is -4.33. The second-order valence-corrected chi connectivity index (χ2v) is 4.54. The maximum atomic E-state index is 12.2. The number of anilines is 1. The number of rotatable bonds is 5. The monoisotopic (exact) mass is 301 g/mol. The first-order chi connectivity index (χ1) is 9.87. The number of nitrogens with zero attached hydrogens (tertiary/aromatic N) is 2. The van der Waals surface area contributed by atoms with Gasteiger partial charge in [0, 0.05) is 18.8 Å². The third-order valence-electron chi connectivity index (χ3n) is 2.80. The van der Waals surface area contributed by atoms with Crippen LogP contribution in [0.4, 0.5) is 18.9 Å². The Labute approximate surface area is 118 Å². The number of alkyl halides is 3. The number of nitrogens with two attached hydrogens (primary N) is 1. The van der Waals surface area contributed by atoms with Gasteiger partial charge in [-0.3, -0.25) is 9.36 Å². The number of nitrogen functional groups attached to an aromatic ring is 1. The number of aromatic nitrogens is 2. The molecule has 0 aliphatic heterocycles. The molecule has 21 heavy (non-hydrogen) atoms. The lowest BCUT2D eigenvalue weighted by atomic mass is 10.2. The summed E-state index contributed by atoms with van der Waals surface area (Å²) >= 11 is 0. The molecule has 0 fully saturated rings. The van der Waals surface area contributed by atoms with Crippen molar-refractivity contribution >= 4 is 16.6 Å². The molecule has 0 aliphatic rings. The Kier molecular flexibility index (Phi) is 4.46. The van der Waals surface area contributed by atoms with Crippen LogP contribution in [0.5, 0.6) is 0 Å². The fraction of sp³-hybridized carbons (Fsp3) is 0.385. The molecule has 0 saturated heterocycles. The minimum Gasteiger partial charge on any atom is -0.399 e. The number of ether oxygens (including phenoxy) is 1. The van der Waals surface area contributed by atoms with Gasteiger partial charge in [0.15, 0.2) is 0 Å². The average molecular weight is 301 g/mol. The van der Waals surface area contributed by atoms with Crippen molar-refractivity contribution in [2.45, 2.75) is 19.1 Å². The topological polar surface area (TPSA) is 70.1 Å². The smallest absolute Gasteiger partial charge is 0.399 e. The lowest BCUT2D eigenvalue weighted by molar-refractivity contribution is -0.174. The van der Waals surface area contributed by atoms with Crippen LogP contribution in [-0.4, -0.2) is 28.9 Å². The molecule has 0 unspecified atom stereocenters. The van der Waals surface area contributed by atoms with Crippen molar-refractivity contribution in [2.75, 3.05) is 18.9 Å². The summed E-state index contributed by atoms with van der Waals surface area (Å²) in [6.45, 7) is -1.14. The highest BCUT2D eigenvalue weighted by Crippen LogP contribution is 2.14. The molecule has 8 heteroatoms. The largest absolute Gasteiger partial charge is 0.411 e. The molecule has 0 amide bonds. The maximum absolute atomic E-state index is 12.2. The van der Waals surface area contributed by atoms with Gasteiger partial charge in [-0.05, 0) is 24.6 Å². The second kappa shape index (κ2) is 6.13. The third-order valence-corrected chi connectivity index (χ3v) is 2.80. The van der Waals surface area contributed by atoms with E-state index in [1.165, 1.54) is 17.0 Å². The van der Waals surface area contributed by atoms with Crippen LogP contribution < -0.4 is 11.3 Å². The second-order valence-electron chi connectivity index (χ2n) is 4.54. The van der Waals surface area contributed by atoms with Crippen molar-refractivity contribution in [3.63, 3.8) is 0 Å². The summed E-state index contributed by atoms with van der Waals surface area (Å²) in [6, 6.07) is 4.81. The van der Waals surface area contributed by atoms with Crippen molar-refractivity contribution in [3.8, 4) is 0 Å². The van der Waals surface area contributed by atoms with E-state index >= 15 is 0 Å². The SMILES string of the molecule is Nc1ccc2ncn(CCCOCC(F)(F)F)c(=O)c2c1. The Bertz CT molecular complexity index is 682. The van der Waals surface area contributed by atoms with Crippen molar-refractivity contribution in [2.24, 2.45) is 0 Å². The predicted molar refractivity (Wildman–Crippen MR) is 71.9 cm³/mol. The standard InChI is InChI=1S/C13H14F3N3O2/c14-13(15,16)7-21-5-1-4-19-8-18-11-3-2-9(17)6-10(11)12(19)20/h2-3,6,8H,1,4-5,7,17H2. The van der Waals surface area contributed by atoms with E-state index in [9.17, 15) is 18.0 Å². The minimum absolute atomic E-state index is 0.0824. The van der Waals surface area contributed by atoms with Gasteiger partial charge < -0.3 is 10.5 Å². The van der Waals surface area contributed by atoms with Crippen LogP contribution in [0, 0.1) is 0 Å². The lowest BCUT2D eigenvalue weighted by Crippen LogP contribution is -2.22. The van der Waals surface area contributed by atoms with Gasteiger partial charge in [-0.25, -0.2) is 4.98 Å². The zero-order valence-electron chi connectivity index (χ0n) is 11.1. The number of hydrogen-bond acceptors (Lipinski definition) is 4. The van der Waals surface area contributed by atoms with E-state index in [1.54, 1.807) is 12.1 Å². The molecule has 0 spiro atoms. The fourth-order valence-electron chi connectivity index (χ4n) is 1.86. The van der Waals surface area contributed by atoms with Crippen LogP contribution in [0.15, 0.2) is 29.3 Å². The quantitative estimate of drug-likeness (QED) is 0.677. The Morgan fingerprint density at radius 3 is 2.81 bits per heavy atom. The van der Waals surface area contributed by atoms with Gasteiger partial charge in [0.05, 0.1) is 17.2 Å². The molecule has 0 radical (unpaired) electrons. The van der Waals surface area contributed by atoms with Crippen LogP contribution in [0.3, 0.4) is 0 Å². The maximum Gasteiger partial charge on any atom is 0.411 e. The van der Waals surface area contributed by atoms with Gasteiger partial charge in [0.25, 0.3) is 5.56 Å². The molecule has 0 bridgehead atoms. The van der Waals surface area contributed by atoms with Crippen LogP contribution >= 0.6 is 0 Å². The molecule has 5 nitrogen and oxygen atoms in total. The van der Waals surface area contributed by atoms with Gasteiger partial charge in [-0.2, -0.15) is 13.2 Å². The van der Waals surface area contributed by atoms with E-state index in [0.717, 1.165) is 0 Å². The predicted octanol–water partition coefficient (Wildman–Crippen LogP) is 1.95. The molecule has 1 aromatic heterocycles. The molecule has 2 rings (SSSR count). The molecule has 1 aromatic carbocycles. The van der Waals surface area contributed by atoms with Crippen LogP contribution in [-0.2, 0) is 11.3 Å². The van der Waals surface area contributed by atoms with Crippen molar-refractivity contribution in [3.05, 3.63) is 34.9 Å². The van der Waals surface area contributed by atoms with Crippen LogP contribution in [0.2, 0.25) is 0 Å². The molecule has 2 aromatic rings. The number of aryl methyl sites for hydroxylation is 1. The Morgan fingerprint density at radius 2 is 2.10 bits per heavy atom. The van der Waals surface area contributed by atoms with E-state index in [2.05, 4.69) is 9.72 Å². The molecular weight excluding hydrogens is 287 g/mol. The normalized spacial score (nSPS) is 12.0. The average Bonchev–Trinajstić information content (AvgIpc) is 2.40. The first-order valence-electron chi connectivity index (χ1n) is 6.26. The van der Waals surface area contributed by atoms with Crippen molar-refractivity contribution < 1.29 is 17.9 Å². The zero-order chi connectivity index (χ0) is 15.5. The van der Waals surface area contributed by atoms with Gasteiger partial charge in [-0.15, -0.1) is 0 Å². The summed E-state index contributed by atoms with van der Waals surface area (Å²) in [7, 11) is 0. The van der Waals surface area contributed by atoms with E-state index in [-0.39, 0.29) is 25.1 Å². The summed E-state index contributed by atoms with van der Waals surface area (Å²) in [6.07, 6.45) is -2.69. The molecular formula is C13H14F3N3O2. The first kappa shape index (κ1) is 15.3. The Balaban J connectivity index is 2.00. The summed E-state index contributed by atoms with van der Waals surface area (Å²) in [5.41, 5.74) is 6.32. The van der Waals surface area contributed by atoms with Crippen molar-refractivity contribution in [1.82, 2.24) is 9.55 Å². The van der Waals surface area contributed by atoms with Crippen molar-refractivity contribution in [1.29, 1.82) is 0 Å². The van der Waals surface area contributed by atoms with E-state index in [1.807, 2.05) is 0 Å². The summed E-state index contributed by atoms with van der Waals surface area (Å²) in [4.78, 5) is 16.3. The highest BCUT2D eigenvalue weighted by atomic mass is 19.4. The summed E-state index contributed by atoms with van der Waals surface area (Å²) < 4.78 is 41.5. The Hall–Kier alpha value is -2.09. The van der Waals surface area contributed by atoms with Crippen LogP contribution in [0.1, 0.15) is 6.42 Å². The van der Waals surface area contributed by atoms with E-state index < -0.39 is 12.8 Å². The number of halogens is 3. The number of benzene rings is 1. The molecule has 0 saturated carbocycles. The van der Waals surface area contributed by atoms with E-state index in [4.69, 9.17) is 5.73 Å². The summed E-state index contributed by atoms with van der Waals surface area (Å²) in [5.74, 6) is 0. The molecule has 0 atom stereocenters. The molecule has 114 valence electrons. The highest BCUT2D eigenvalue weighted by Gasteiger charge is 2.27. The number of fused-ring (bicyclic) bond motifs is 1.